The maximum Gasteiger partial charge on any atom is 0.343 e. The average molecular weight is 541 g/mol. The van der Waals surface area contributed by atoms with Crippen molar-refractivity contribution in [3.05, 3.63) is 88.4 Å². The number of para-hydroxylation sites is 2. The summed E-state index contributed by atoms with van der Waals surface area (Å²) in [6.45, 7) is 3.05. The van der Waals surface area contributed by atoms with Crippen molar-refractivity contribution in [2.24, 2.45) is 0 Å². The smallest absolute Gasteiger partial charge is 0.343 e. The van der Waals surface area contributed by atoms with Gasteiger partial charge >= 0.3 is 11.9 Å². The highest BCUT2D eigenvalue weighted by molar-refractivity contribution is 9.10. The van der Waals surface area contributed by atoms with Crippen LogP contribution < -0.4 is 14.2 Å². The van der Waals surface area contributed by atoms with Gasteiger partial charge in [-0.25, -0.2) is 9.59 Å². The molecule has 3 aromatic rings. The van der Waals surface area contributed by atoms with Gasteiger partial charge in [-0.1, -0.05) is 56.5 Å². The molecule has 0 aliphatic heterocycles. The number of esters is 2. The van der Waals surface area contributed by atoms with Crippen LogP contribution in [0.15, 0.2) is 77.3 Å². The normalized spacial score (nSPS) is 10.5. The largest absolute Gasteiger partial charge is 0.492 e. The van der Waals surface area contributed by atoms with E-state index >= 15 is 0 Å². The number of rotatable bonds is 13. The first-order valence-electron chi connectivity index (χ1n) is 11.7. The summed E-state index contributed by atoms with van der Waals surface area (Å²) in [5, 5.41) is 0. The fourth-order valence-electron chi connectivity index (χ4n) is 3.23. The number of carbonyl (C=O) groups excluding carboxylic acids is 2. The number of benzene rings is 3. The van der Waals surface area contributed by atoms with Crippen LogP contribution in [0.25, 0.3) is 0 Å². The van der Waals surface area contributed by atoms with E-state index in [1.165, 1.54) is 12.8 Å². The zero-order valence-corrected chi connectivity index (χ0v) is 21.3. The number of carbonyl (C=O) groups is 2. The highest BCUT2D eigenvalue weighted by atomic mass is 79.9. The van der Waals surface area contributed by atoms with Crippen LogP contribution in [0.3, 0.4) is 0 Å². The van der Waals surface area contributed by atoms with Gasteiger partial charge in [0.05, 0.1) is 16.6 Å². The van der Waals surface area contributed by atoms with Crippen LogP contribution in [0.4, 0.5) is 0 Å². The Hall–Kier alpha value is -3.32. The molecule has 0 unspecified atom stereocenters. The van der Waals surface area contributed by atoms with Gasteiger partial charge in [0.2, 0.25) is 0 Å². The molecule has 0 aliphatic carbocycles. The number of ether oxygens (including phenoxy) is 4. The molecule has 0 aliphatic rings. The summed E-state index contributed by atoms with van der Waals surface area (Å²) in [6, 6.07) is 20.7. The van der Waals surface area contributed by atoms with Crippen LogP contribution in [0.2, 0.25) is 0 Å². The summed E-state index contributed by atoms with van der Waals surface area (Å²) >= 11 is 3.45. The van der Waals surface area contributed by atoms with Crippen molar-refractivity contribution in [3.63, 3.8) is 0 Å². The zero-order chi connectivity index (χ0) is 24.9. The van der Waals surface area contributed by atoms with Crippen LogP contribution >= 0.6 is 15.9 Å². The Morgan fingerprint density at radius 3 is 2.29 bits per heavy atom. The minimum absolute atomic E-state index is 0.0584. The Bertz CT molecular complexity index is 1100. The predicted octanol–water partition coefficient (Wildman–Crippen LogP) is 6.86. The topological polar surface area (TPSA) is 71.1 Å². The van der Waals surface area contributed by atoms with Gasteiger partial charge in [-0.05, 0) is 64.8 Å². The SMILES string of the molecule is CCCCCCOc1ccc(C(=O)Oc2ccccc2C(=O)OCCOc2ccccc2)cc1Br. The van der Waals surface area contributed by atoms with Gasteiger partial charge in [-0.3, -0.25) is 0 Å². The summed E-state index contributed by atoms with van der Waals surface area (Å²) in [6.07, 6.45) is 4.46. The van der Waals surface area contributed by atoms with Crippen molar-refractivity contribution >= 4 is 27.9 Å². The van der Waals surface area contributed by atoms with E-state index in [0.29, 0.717) is 28.1 Å². The van der Waals surface area contributed by atoms with Crippen LogP contribution in [0, 0.1) is 0 Å². The lowest BCUT2D eigenvalue weighted by atomic mass is 10.2. The van der Waals surface area contributed by atoms with E-state index in [1.54, 1.807) is 42.5 Å². The van der Waals surface area contributed by atoms with Crippen molar-refractivity contribution in [1.29, 1.82) is 0 Å². The molecule has 0 spiro atoms. The Balaban J connectivity index is 1.54. The second-order valence-corrected chi connectivity index (χ2v) is 8.59. The van der Waals surface area contributed by atoms with Crippen molar-refractivity contribution in [3.8, 4) is 17.2 Å². The highest BCUT2D eigenvalue weighted by Gasteiger charge is 2.18. The van der Waals surface area contributed by atoms with Crippen molar-refractivity contribution < 1.29 is 28.5 Å². The molecule has 0 aromatic heterocycles. The van der Waals surface area contributed by atoms with E-state index < -0.39 is 11.9 Å². The van der Waals surface area contributed by atoms with Crippen LogP contribution in [0.5, 0.6) is 17.2 Å². The molecular weight excluding hydrogens is 512 g/mol. The van der Waals surface area contributed by atoms with Crippen LogP contribution in [0.1, 0.15) is 53.3 Å². The molecule has 0 heterocycles. The Kier molecular flexibility index (Phi) is 10.6. The fourth-order valence-corrected chi connectivity index (χ4v) is 3.72. The molecule has 7 heteroatoms. The summed E-state index contributed by atoms with van der Waals surface area (Å²) in [5.74, 6) is 0.293. The molecule has 6 nitrogen and oxygen atoms in total. The van der Waals surface area contributed by atoms with E-state index in [4.69, 9.17) is 18.9 Å². The lowest BCUT2D eigenvalue weighted by Gasteiger charge is -2.12. The first-order valence-corrected chi connectivity index (χ1v) is 12.5. The third-order valence-corrected chi connectivity index (χ3v) is 5.68. The fraction of sp³-hybridized carbons (Fsp3) is 0.286. The molecule has 0 atom stereocenters. The maximum atomic E-state index is 12.7. The Morgan fingerprint density at radius 2 is 1.51 bits per heavy atom. The van der Waals surface area contributed by atoms with Gasteiger partial charge in [-0.2, -0.15) is 0 Å². The number of hydrogen-bond donors (Lipinski definition) is 0. The molecule has 0 radical (unpaired) electrons. The van der Waals surface area contributed by atoms with Gasteiger partial charge < -0.3 is 18.9 Å². The van der Waals surface area contributed by atoms with E-state index in [9.17, 15) is 9.59 Å². The minimum Gasteiger partial charge on any atom is -0.492 e. The van der Waals surface area contributed by atoms with Crippen molar-refractivity contribution in [2.45, 2.75) is 32.6 Å². The summed E-state index contributed by atoms with van der Waals surface area (Å²) in [4.78, 5) is 25.3. The third kappa shape index (κ3) is 8.44. The molecule has 0 saturated carbocycles. The molecule has 0 fully saturated rings. The molecule has 3 rings (SSSR count). The lowest BCUT2D eigenvalue weighted by molar-refractivity contribution is 0.0445. The van der Waals surface area contributed by atoms with Crippen molar-refractivity contribution in [1.82, 2.24) is 0 Å². The molecular formula is C28H29BrO6. The van der Waals surface area contributed by atoms with Crippen LogP contribution in [-0.4, -0.2) is 31.8 Å². The van der Waals surface area contributed by atoms with E-state index in [1.807, 2.05) is 30.3 Å². The first kappa shape index (κ1) is 26.3. The molecule has 3 aromatic carbocycles. The number of unbranched alkanes of at least 4 members (excludes halogenated alkanes) is 3. The molecule has 184 valence electrons. The Labute approximate surface area is 214 Å². The second-order valence-electron chi connectivity index (χ2n) is 7.74. The molecule has 0 amide bonds. The molecule has 35 heavy (non-hydrogen) atoms. The standard InChI is InChI=1S/C28H29BrO6/c1-2-3-4-10-17-33-26-16-15-21(20-24(26)29)27(30)35-25-14-9-8-13-23(25)28(31)34-19-18-32-22-11-6-5-7-12-22/h5-9,11-16,20H,2-4,10,17-19H2,1H3. The summed E-state index contributed by atoms with van der Waals surface area (Å²) in [5.41, 5.74) is 0.487. The summed E-state index contributed by atoms with van der Waals surface area (Å²) < 4.78 is 22.8. The number of halogens is 1. The zero-order valence-electron chi connectivity index (χ0n) is 19.7. The monoisotopic (exact) mass is 540 g/mol. The number of hydrogen-bond acceptors (Lipinski definition) is 6. The third-order valence-electron chi connectivity index (χ3n) is 5.06. The summed E-state index contributed by atoms with van der Waals surface area (Å²) in [7, 11) is 0. The quantitative estimate of drug-likeness (QED) is 0.134. The van der Waals surface area contributed by atoms with Gasteiger partial charge in [0, 0.05) is 0 Å². The minimum atomic E-state index is -0.599. The molecule has 0 bridgehead atoms. The van der Waals surface area contributed by atoms with Crippen LogP contribution in [-0.2, 0) is 4.74 Å². The highest BCUT2D eigenvalue weighted by Crippen LogP contribution is 2.28. The van der Waals surface area contributed by atoms with E-state index in [2.05, 4.69) is 22.9 Å². The van der Waals surface area contributed by atoms with E-state index in [0.717, 1.165) is 12.8 Å². The molecule has 0 saturated heterocycles. The Morgan fingerprint density at radius 1 is 0.743 bits per heavy atom. The van der Waals surface area contributed by atoms with Gasteiger partial charge in [0.25, 0.3) is 0 Å². The average Bonchev–Trinajstić information content (AvgIpc) is 2.88. The van der Waals surface area contributed by atoms with Gasteiger partial charge in [0.15, 0.2) is 0 Å². The second kappa shape index (κ2) is 14.2. The predicted molar refractivity (Wildman–Crippen MR) is 137 cm³/mol. The van der Waals surface area contributed by atoms with E-state index in [-0.39, 0.29) is 24.5 Å². The molecule has 0 N–H and O–H groups in total. The lowest BCUT2D eigenvalue weighted by Crippen LogP contribution is -2.15. The first-order chi connectivity index (χ1) is 17.1. The maximum absolute atomic E-state index is 12.7. The van der Waals surface area contributed by atoms with Gasteiger partial charge in [0.1, 0.15) is 36.0 Å². The van der Waals surface area contributed by atoms with Gasteiger partial charge in [-0.15, -0.1) is 0 Å². The van der Waals surface area contributed by atoms with Crippen molar-refractivity contribution in [2.75, 3.05) is 19.8 Å².